The molecule has 3 rings (SSSR count). The van der Waals surface area contributed by atoms with Gasteiger partial charge in [-0.15, -0.1) is 11.3 Å². The van der Waals surface area contributed by atoms with Gasteiger partial charge in [0, 0.05) is 13.2 Å². The lowest BCUT2D eigenvalue weighted by Crippen LogP contribution is -2.21. The molecule has 3 aromatic rings. The molecule has 0 bridgehead atoms. The number of rotatable bonds is 3. The number of carbonyl (C=O) groups is 1. The monoisotopic (exact) mass is 304 g/mol. The van der Waals surface area contributed by atoms with Crippen molar-refractivity contribution in [3.63, 3.8) is 0 Å². The van der Waals surface area contributed by atoms with Crippen molar-refractivity contribution in [3.8, 4) is 0 Å². The standard InChI is InChI=1S/C13H12N4O3S/c1-7-9-11(21-10(7)13(19)20)14-6-17(12(9)18)5-8-3-4-16(2)15-8/h3-4,6H,5H2,1-2H3,(H,19,20). The second-order valence-electron chi connectivity index (χ2n) is 4.70. The van der Waals surface area contributed by atoms with Crippen LogP contribution in [0.5, 0.6) is 0 Å². The van der Waals surface area contributed by atoms with Gasteiger partial charge in [-0.3, -0.25) is 14.0 Å². The average molecular weight is 304 g/mol. The maximum Gasteiger partial charge on any atom is 0.346 e. The minimum absolute atomic E-state index is 0.158. The molecule has 0 aliphatic rings. The zero-order valence-corrected chi connectivity index (χ0v) is 12.2. The van der Waals surface area contributed by atoms with E-state index in [1.54, 1.807) is 24.9 Å². The molecule has 108 valence electrons. The molecule has 0 fully saturated rings. The summed E-state index contributed by atoms with van der Waals surface area (Å²) in [4.78, 5) is 28.4. The van der Waals surface area contributed by atoms with E-state index in [4.69, 9.17) is 5.11 Å². The third kappa shape index (κ3) is 2.23. The summed E-state index contributed by atoms with van der Waals surface area (Å²) < 4.78 is 3.10. The molecule has 0 amide bonds. The van der Waals surface area contributed by atoms with E-state index in [2.05, 4.69) is 10.1 Å². The fraction of sp³-hybridized carbons (Fsp3) is 0.231. The van der Waals surface area contributed by atoms with Crippen LogP contribution in [-0.2, 0) is 13.6 Å². The molecule has 0 saturated heterocycles. The number of fused-ring (bicyclic) bond motifs is 1. The summed E-state index contributed by atoms with van der Waals surface area (Å²) in [6, 6.07) is 1.82. The molecule has 8 heteroatoms. The van der Waals surface area contributed by atoms with Gasteiger partial charge in [0.05, 0.1) is 24.0 Å². The van der Waals surface area contributed by atoms with Crippen LogP contribution in [0.2, 0.25) is 0 Å². The van der Waals surface area contributed by atoms with Crippen LogP contribution in [0.1, 0.15) is 20.9 Å². The molecular weight excluding hydrogens is 292 g/mol. The van der Waals surface area contributed by atoms with E-state index in [-0.39, 0.29) is 10.4 Å². The number of aryl methyl sites for hydroxylation is 2. The normalized spacial score (nSPS) is 11.1. The second-order valence-corrected chi connectivity index (χ2v) is 5.70. The predicted octanol–water partition coefficient (Wildman–Crippen LogP) is 1.25. The fourth-order valence-electron chi connectivity index (χ4n) is 2.20. The highest BCUT2D eigenvalue weighted by Crippen LogP contribution is 2.26. The highest BCUT2D eigenvalue weighted by Gasteiger charge is 2.18. The van der Waals surface area contributed by atoms with Gasteiger partial charge >= 0.3 is 5.97 Å². The zero-order valence-electron chi connectivity index (χ0n) is 11.4. The lowest BCUT2D eigenvalue weighted by Gasteiger charge is -2.02. The summed E-state index contributed by atoms with van der Waals surface area (Å²) in [6.07, 6.45) is 3.23. The van der Waals surface area contributed by atoms with Crippen molar-refractivity contribution in [2.45, 2.75) is 13.5 Å². The van der Waals surface area contributed by atoms with Gasteiger partial charge in [0.15, 0.2) is 0 Å². The lowest BCUT2D eigenvalue weighted by atomic mass is 10.2. The van der Waals surface area contributed by atoms with Crippen LogP contribution in [0.4, 0.5) is 0 Å². The fourth-order valence-corrected chi connectivity index (χ4v) is 3.18. The van der Waals surface area contributed by atoms with Gasteiger partial charge < -0.3 is 5.11 Å². The Labute approximate surface area is 123 Å². The first-order valence-corrected chi connectivity index (χ1v) is 6.99. The summed E-state index contributed by atoms with van der Waals surface area (Å²) in [5, 5.41) is 13.7. The van der Waals surface area contributed by atoms with Crippen molar-refractivity contribution in [1.29, 1.82) is 0 Å². The topological polar surface area (TPSA) is 90.0 Å². The Morgan fingerprint density at radius 2 is 2.24 bits per heavy atom. The van der Waals surface area contributed by atoms with E-state index < -0.39 is 5.97 Å². The predicted molar refractivity (Wildman–Crippen MR) is 77.9 cm³/mol. The SMILES string of the molecule is Cc1c(C(=O)O)sc2ncn(Cc3ccn(C)n3)c(=O)c12. The molecule has 0 saturated carbocycles. The van der Waals surface area contributed by atoms with E-state index in [9.17, 15) is 9.59 Å². The third-order valence-electron chi connectivity index (χ3n) is 3.21. The van der Waals surface area contributed by atoms with Crippen LogP contribution in [-0.4, -0.2) is 30.4 Å². The van der Waals surface area contributed by atoms with E-state index in [1.807, 2.05) is 6.07 Å². The highest BCUT2D eigenvalue weighted by atomic mass is 32.1. The van der Waals surface area contributed by atoms with E-state index in [0.29, 0.717) is 22.3 Å². The van der Waals surface area contributed by atoms with Crippen LogP contribution < -0.4 is 5.56 Å². The molecule has 0 aliphatic carbocycles. The zero-order chi connectivity index (χ0) is 15.1. The maximum atomic E-state index is 12.5. The summed E-state index contributed by atoms with van der Waals surface area (Å²) in [5.41, 5.74) is 0.967. The van der Waals surface area contributed by atoms with E-state index in [0.717, 1.165) is 17.0 Å². The molecular formula is C13H12N4O3S. The number of hydrogen-bond acceptors (Lipinski definition) is 5. The van der Waals surface area contributed by atoms with Gasteiger partial charge in [0.25, 0.3) is 5.56 Å². The van der Waals surface area contributed by atoms with E-state index in [1.165, 1.54) is 10.9 Å². The molecule has 0 aromatic carbocycles. The second kappa shape index (κ2) is 4.81. The minimum atomic E-state index is -1.04. The molecule has 1 N–H and O–H groups in total. The van der Waals surface area contributed by atoms with Crippen molar-refractivity contribution in [2.75, 3.05) is 0 Å². The van der Waals surface area contributed by atoms with Crippen LogP contribution in [0.25, 0.3) is 10.2 Å². The van der Waals surface area contributed by atoms with Gasteiger partial charge in [-0.25, -0.2) is 9.78 Å². The van der Waals surface area contributed by atoms with Crippen molar-refractivity contribution in [1.82, 2.24) is 19.3 Å². The Morgan fingerprint density at radius 3 is 2.86 bits per heavy atom. The van der Waals surface area contributed by atoms with Crippen molar-refractivity contribution in [2.24, 2.45) is 7.05 Å². The van der Waals surface area contributed by atoms with Crippen LogP contribution >= 0.6 is 11.3 Å². The maximum absolute atomic E-state index is 12.5. The lowest BCUT2D eigenvalue weighted by molar-refractivity contribution is 0.0701. The largest absolute Gasteiger partial charge is 0.477 e. The minimum Gasteiger partial charge on any atom is -0.477 e. The summed E-state index contributed by atoms with van der Waals surface area (Å²) >= 11 is 1.02. The van der Waals surface area contributed by atoms with Gasteiger partial charge in [0.1, 0.15) is 9.71 Å². The van der Waals surface area contributed by atoms with Crippen molar-refractivity contribution >= 4 is 27.5 Å². The highest BCUT2D eigenvalue weighted by molar-refractivity contribution is 7.20. The molecule has 0 unspecified atom stereocenters. The summed E-state index contributed by atoms with van der Waals surface area (Å²) in [7, 11) is 1.80. The Morgan fingerprint density at radius 1 is 1.48 bits per heavy atom. The van der Waals surface area contributed by atoms with Gasteiger partial charge in [-0.2, -0.15) is 5.10 Å². The molecule has 0 radical (unpaired) electrons. The first-order valence-electron chi connectivity index (χ1n) is 6.17. The molecule has 21 heavy (non-hydrogen) atoms. The number of thiophene rings is 1. The molecule has 3 heterocycles. The Hall–Kier alpha value is -2.48. The molecule has 0 atom stereocenters. The number of aromatic carboxylic acids is 1. The van der Waals surface area contributed by atoms with E-state index >= 15 is 0 Å². The quantitative estimate of drug-likeness (QED) is 0.786. The van der Waals surface area contributed by atoms with Gasteiger partial charge in [-0.05, 0) is 18.6 Å². The molecule has 7 nitrogen and oxygen atoms in total. The number of carboxylic acid groups (broad SMARTS) is 1. The van der Waals surface area contributed by atoms with Crippen molar-refractivity contribution < 1.29 is 9.90 Å². The average Bonchev–Trinajstić information content (AvgIpc) is 2.97. The summed E-state index contributed by atoms with van der Waals surface area (Å²) in [6.45, 7) is 1.94. The summed E-state index contributed by atoms with van der Waals surface area (Å²) in [5.74, 6) is -1.04. The first-order chi connectivity index (χ1) is 9.97. The number of aromatic nitrogens is 4. The Bertz CT molecular complexity index is 906. The number of carboxylic acids is 1. The molecule has 3 aromatic heterocycles. The molecule has 0 aliphatic heterocycles. The van der Waals surface area contributed by atoms with Gasteiger partial charge in [0.2, 0.25) is 0 Å². The van der Waals surface area contributed by atoms with Gasteiger partial charge in [-0.1, -0.05) is 0 Å². The number of hydrogen-bond donors (Lipinski definition) is 1. The van der Waals surface area contributed by atoms with Crippen LogP contribution in [0.3, 0.4) is 0 Å². The van der Waals surface area contributed by atoms with Crippen LogP contribution in [0.15, 0.2) is 23.4 Å². The van der Waals surface area contributed by atoms with Crippen LogP contribution in [0, 0.1) is 6.92 Å². The molecule has 0 spiro atoms. The Balaban J connectivity index is 2.13. The van der Waals surface area contributed by atoms with Crippen molar-refractivity contribution in [3.05, 3.63) is 45.1 Å². The number of nitrogens with zero attached hydrogens (tertiary/aromatic N) is 4. The Kier molecular flexibility index (Phi) is 3.09. The smallest absolute Gasteiger partial charge is 0.346 e. The third-order valence-corrected chi connectivity index (χ3v) is 4.40. The first kappa shape index (κ1) is 13.5.